The van der Waals surface area contributed by atoms with Crippen LogP contribution in [0.2, 0.25) is 0 Å². The van der Waals surface area contributed by atoms with Gasteiger partial charge in [-0.3, -0.25) is 0 Å². The minimum absolute atomic E-state index is 0.352. The number of aromatic nitrogens is 1. The maximum absolute atomic E-state index is 5.41. The lowest BCUT2D eigenvalue weighted by molar-refractivity contribution is 0.510. The first-order valence-corrected chi connectivity index (χ1v) is 4.83. The van der Waals surface area contributed by atoms with Crippen molar-refractivity contribution in [3.05, 3.63) is 29.1 Å². The first-order chi connectivity index (χ1) is 6.29. The van der Waals surface area contributed by atoms with Crippen LogP contribution in [0.4, 0.5) is 0 Å². The Bertz CT molecular complexity index is 405. The molecule has 2 aromatic rings. The van der Waals surface area contributed by atoms with Gasteiger partial charge in [-0.15, -0.1) is 11.3 Å². The molecule has 3 nitrogen and oxygen atoms in total. The van der Waals surface area contributed by atoms with Gasteiger partial charge in [0.25, 0.3) is 0 Å². The van der Waals surface area contributed by atoms with Crippen LogP contribution in [-0.2, 0) is 6.54 Å². The molecule has 13 heavy (non-hydrogen) atoms. The van der Waals surface area contributed by atoms with Gasteiger partial charge in [0.2, 0.25) is 5.89 Å². The predicted molar refractivity (Wildman–Crippen MR) is 52.4 cm³/mol. The zero-order valence-electron chi connectivity index (χ0n) is 7.28. The third-order valence-electron chi connectivity index (χ3n) is 1.71. The number of aryl methyl sites for hydroxylation is 1. The molecule has 0 atom stereocenters. The molecule has 0 radical (unpaired) electrons. The summed E-state index contributed by atoms with van der Waals surface area (Å²) in [6.45, 7) is 2.42. The second-order valence-electron chi connectivity index (χ2n) is 2.73. The van der Waals surface area contributed by atoms with Gasteiger partial charge in [-0.05, 0) is 19.1 Å². The van der Waals surface area contributed by atoms with Gasteiger partial charge in [0.1, 0.15) is 0 Å². The summed E-state index contributed by atoms with van der Waals surface area (Å²) in [6.07, 6.45) is 1.72. The first kappa shape index (κ1) is 8.47. The molecule has 0 aliphatic carbocycles. The number of thiophene rings is 1. The SMILES string of the molecule is Cc1ccc(-c2cnc(CN)o2)s1. The Hall–Kier alpha value is -1.13. The number of hydrogen-bond donors (Lipinski definition) is 1. The number of oxazole rings is 1. The Kier molecular flexibility index (Phi) is 2.16. The second kappa shape index (κ2) is 3.32. The molecule has 2 aromatic heterocycles. The molecule has 0 aromatic carbocycles. The molecule has 0 amide bonds. The molecular formula is C9H10N2OS. The van der Waals surface area contributed by atoms with Gasteiger partial charge in [0.05, 0.1) is 17.6 Å². The van der Waals surface area contributed by atoms with E-state index in [1.54, 1.807) is 17.5 Å². The summed E-state index contributed by atoms with van der Waals surface area (Å²) >= 11 is 1.69. The van der Waals surface area contributed by atoms with Crippen molar-refractivity contribution in [1.82, 2.24) is 4.98 Å². The first-order valence-electron chi connectivity index (χ1n) is 4.01. The smallest absolute Gasteiger partial charge is 0.208 e. The summed E-state index contributed by atoms with van der Waals surface area (Å²) in [5.74, 6) is 1.39. The lowest BCUT2D eigenvalue weighted by Crippen LogP contribution is -1.94. The van der Waals surface area contributed by atoms with Crippen LogP contribution in [0.3, 0.4) is 0 Å². The van der Waals surface area contributed by atoms with E-state index in [1.165, 1.54) is 4.88 Å². The molecule has 0 unspecified atom stereocenters. The van der Waals surface area contributed by atoms with Crippen LogP contribution in [0.1, 0.15) is 10.8 Å². The Labute approximate surface area is 80.2 Å². The van der Waals surface area contributed by atoms with Gasteiger partial charge in [0.15, 0.2) is 5.76 Å². The summed E-state index contributed by atoms with van der Waals surface area (Å²) < 4.78 is 5.41. The minimum Gasteiger partial charge on any atom is -0.438 e. The van der Waals surface area contributed by atoms with Gasteiger partial charge < -0.3 is 10.2 Å². The Morgan fingerprint density at radius 3 is 2.92 bits per heavy atom. The van der Waals surface area contributed by atoms with Crippen LogP contribution in [-0.4, -0.2) is 4.98 Å². The summed E-state index contributed by atoms with van der Waals surface area (Å²) in [5, 5.41) is 0. The third-order valence-corrected chi connectivity index (χ3v) is 2.73. The molecule has 0 spiro atoms. The molecule has 0 fully saturated rings. The predicted octanol–water partition coefficient (Wildman–Crippen LogP) is 2.17. The molecular weight excluding hydrogens is 184 g/mol. The average Bonchev–Trinajstić information content (AvgIpc) is 2.71. The van der Waals surface area contributed by atoms with E-state index in [4.69, 9.17) is 10.2 Å². The molecule has 2 rings (SSSR count). The van der Waals surface area contributed by atoms with Crippen molar-refractivity contribution in [3.8, 4) is 10.6 Å². The molecule has 0 aliphatic heterocycles. The molecule has 0 saturated heterocycles. The van der Waals surface area contributed by atoms with E-state index in [1.807, 2.05) is 6.07 Å². The average molecular weight is 194 g/mol. The number of nitrogens with two attached hydrogens (primary N) is 1. The minimum atomic E-state index is 0.352. The van der Waals surface area contributed by atoms with Crippen LogP contribution in [0.5, 0.6) is 0 Å². The molecule has 0 aliphatic rings. The summed E-state index contributed by atoms with van der Waals surface area (Å²) in [5.41, 5.74) is 5.39. The highest BCUT2D eigenvalue weighted by atomic mass is 32.1. The summed E-state index contributed by atoms with van der Waals surface area (Å²) in [6, 6.07) is 4.09. The molecule has 4 heteroatoms. The van der Waals surface area contributed by atoms with E-state index < -0.39 is 0 Å². The second-order valence-corrected chi connectivity index (χ2v) is 4.02. The van der Waals surface area contributed by atoms with E-state index in [-0.39, 0.29) is 0 Å². The van der Waals surface area contributed by atoms with E-state index in [0.717, 1.165) is 10.6 Å². The number of nitrogens with zero attached hydrogens (tertiary/aromatic N) is 1. The van der Waals surface area contributed by atoms with Gasteiger partial charge in [-0.2, -0.15) is 0 Å². The van der Waals surface area contributed by atoms with Crippen molar-refractivity contribution in [2.45, 2.75) is 13.5 Å². The lowest BCUT2D eigenvalue weighted by atomic mass is 10.4. The maximum atomic E-state index is 5.41. The van der Waals surface area contributed by atoms with E-state index in [2.05, 4.69) is 18.0 Å². The van der Waals surface area contributed by atoms with Crippen molar-refractivity contribution >= 4 is 11.3 Å². The summed E-state index contributed by atoms with van der Waals surface area (Å²) in [4.78, 5) is 6.40. The van der Waals surface area contributed by atoms with Crippen LogP contribution >= 0.6 is 11.3 Å². The Balaban J connectivity index is 2.35. The zero-order valence-corrected chi connectivity index (χ0v) is 8.10. The van der Waals surface area contributed by atoms with Crippen molar-refractivity contribution in [3.63, 3.8) is 0 Å². The Morgan fingerprint density at radius 1 is 1.54 bits per heavy atom. The lowest BCUT2D eigenvalue weighted by Gasteiger charge is -1.87. The van der Waals surface area contributed by atoms with Crippen molar-refractivity contribution in [2.75, 3.05) is 0 Å². The fourth-order valence-corrected chi connectivity index (χ4v) is 1.90. The topological polar surface area (TPSA) is 52.0 Å². The molecule has 68 valence electrons. The standard InChI is InChI=1S/C9H10N2OS/c1-6-2-3-8(13-6)7-5-11-9(4-10)12-7/h2-3,5H,4,10H2,1H3. The highest BCUT2D eigenvalue weighted by molar-refractivity contribution is 7.15. The number of hydrogen-bond acceptors (Lipinski definition) is 4. The third kappa shape index (κ3) is 1.64. The van der Waals surface area contributed by atoms with Crippen molar-refractivity contribution in [2.24, 2.45) is 5.73 Å². The fraction of sp³-hybridized carbons (Fsp3) is 0.222. The van der Waals surface area contributed by atoms with Gasteiger partial charge in [-0.25, -0.2) is 4.98 Å². The summed E-state index contributed by atoms with van der Waals surface area (Å²) in [7, 11) is 0. The zero-order chi connectivity index (χ0) is 9.26. The van der Waals surface area contributed by atoms with Crippen molar-refractivity contribution < 1.29 is 4.42 Å². The quantitative estimate of drug-likeness (QED) is 0.797. The van der Waals surface area contributed by atoms with Crippen LogP contribution in [0, 0.1) is 6.92 Å². The highest BCUT2D eigenvalue weighted by Crippen LogP contribution is 2.27. The maximum Gasteiger partial charge on any atom is 0.208 e. The highest BCUT2D eigenvalue weighted by Gasteiger charge is 2.06. The van der Waals surface area contributed by atoms with Crippen LogP contribution in [0.25, 0.3) is 10.6 Å². The van der Waals surface area contributed by atoms with Crippen LogP contribution in [0.15, 0.2) is 22.7 Å². The van der Waals surface area contributed by atoms with Crippen molar-refractivity contribution in [1.29, 1.82) is 0 Å². The molecule has 2 N–H and O–H groups in total. The van der Waals surface area contributed by atoms with E-state index in [0.29, 0.717) is 12.4 Å². The van der Waals surface area contributed by atoms with Gasteiger partial charge in [-0.1, -0.05) is 0 Å². The van der Waals surface area contributed by atoms with E-state index >= 15 is 0 Å². The van der Waals surface area contributed by atoms with Gasteiger partial charge >= 0.3 is 0 Å². The van der Waals surface area contributed by atoms with Gasteiger partial charge in [0, 0.05) is 4.88 Å². The normalized spacial score (nSPS) is 10.6. The monoisotopic (exact) mass is 194 g/mol. The fourth-order valence-electron chi connectivity index (χ4n) is 1.09. The number of rotatable bonds is 2. The molecule has 0 saturated carbocycles. The largest absolute Gasteiger partial charge is 0.438 e. The Morgan fingerprint density at radius 2 is 2.38 bits per heavy atom. The molecule has 2 heterocycles. The molecule has 0 bridgehead atoms. The van der Waals surface area contributed by atoms with E-state index in [9.17, 15) is 0 Å². The van der Waals surface area contributed by atoms with Crippen LogP contribution < -0.4 is 5.73 Å².